The van der Waals surface area contributed by atoms with Crippen molar-refractivity contribution in [2.45, 2.75) is 11.6 Å². The van der Waals surface area contributed by atoms with Crippen LogP contribution in [0.25, 0.3) is 0 Å². The van der Waals surface area contributed by atoms with Gasteiger partial charge in [-0.3, -0.25) is 4.57 Å². The van der Waals surface area contributed by atoms with Gasteiger partial charge in [-0.2, -0.15) is 0 Å². The molecule has 1 fully saturated rings. The van der Waals surface area contributed by atoms with E-state index in [1.807, 2.05) is 11.6 Å². The number of hydrogen-bond acceptors (Lipinski definition) is 5. The molecule has 1 aliphatic rings. The minimum Gasteiger partial charge on any atom is -0.378 e. The normalized spacial score (nSPS) is 16.5. The van der Waals surface area contributed by atoms with E-state index in [0.717, 1.165) is 49.6 Å². The van der Waals surface area contributed by atoms with Gasteiger partial charge in [-0.05, 0) is 6.42 Å². The maximum Gasteiger partial charge on any atom is 0.227 e. The molecule has 1 aromatic heterocycles. The predicted octanol–water partition coefficient (Wildman–Crippen LogP) is 1.37. The molecule has 1 saturated heterocycles. The highest BCUT2D eigenvalue weighted by Gasteiger charge is 2.18. The van der Waals surface area contributed by atoms with Crippen LogP contribution in [-0.4, -0.2) is 52.7 Å². The minimum absolute atomic E-state index is 0.696. The van der Waals surface area contributed by atoms with Crippen LogP contribution in [0, 0.1) is 0 Å². The average molecular weight is 277 g/mol. The predicted molar refractivity (Wildman–Crippen MR) is 70.1 cm³/mol. The molecular formula is C10H17ClN4OS. The molecule has 0 spiro atoms. The average Bonchev–Trinajstić information content (AvgIpc) is 2.73. The zero-order valence-corrected chi connectivity index (χ0v) is 11.5. The Labute approximate surface area is 110 Å². The molecule has 5 nitrogen and oxygen atoms in total. The monoisotopic (exact) mass is 276 g/mol. The Bertz CT molecular complexity index is 354. The Morgan fingerprint density at radius 2 is 2.12 bits per heavy atom. The summed E-state index contributed by atoms with van der Waals surface area (Å²) in [6.07, 6.45) is 0.992. The number of nitrogens with zero attached hydrogens (tertiary/aromatic N) is 4. The Hall–Kier alpha value is -0.460. The van der Waals surface area contributed by atoms with Gasteiger partial charge in [0.1, 0.15) is 0 Å². The number of anilines is 1. The Morgan fingerprint density at radius 1 is 1.35 bits per heavy atom. The van der Waals surface area contributed by atoms with Crippen molar-refractivity contribution in [2.24, 2.45) is 7.05 Å². The highest BCUT2D eigenvalue weighted by Crippen LogP contribution is 2.21. The summed E-state index contributed by atoms with van der Waals surface area (Å²) >= 11 is 7.36. The fraction of sp³-hybridized carbons (Fsp3) is 0.800. The van der Waals surface area contributed by atoms with E-state index in [9.17, 15) is 0 Å². The second-order valence-electron chi connectivity index (χ2n) is 3.83. The number of thioether (sulfide) groups is 1. The van der Waals surface area contributed by atoms with E-state index in [0.29, 0.717) is 5.88 Å². The fourth-order valence-electron chi connectivity index (χ4n) is 1.69. The summed E-state index contributed by atoms with van der Waals surface area (Å²) < 4.78 is 7.37. The zero-order valence-electron chi connectivity index (χ0n) is 9.93. The molecule has 0 N–H and O–H groups in total. The first kappa shape index (κ1) is 13.0. The van der Waals surface area contributed by atoms with Crippen LogP contribution >= 0.6 is 23.4 Å². The molecule has 0 radical (unpaired) electrons. The van der Waals surface area contributed by atoms with E-state index in [1.54, 1.807) is 11.8 Å². The van der Waals surface area contributed by atoms with Gasteiger partial charge in [-0.15, -0.1) is 21.8 Å². The van der Waals surface area contributed by atoms with Gasteiger partial charge in [0.05, 0.1) is 13.2 Å². The Kier molecular flexibility index (Phi) is 4.94. The number of halogens is 1. The summed E-state index contributed by atoms with van der Waals surface area (Å²) in [6.45, 7) is 3.31. The quantitative estimate of drug-likeness (QED) is 0.462. The number of aromatic nitrogens is 3. The molecule has 1 aromatic rings. The van der Waals surface area contributed by atoms with Gasteiger partial charge in [0, 0.05) is 31.8 Å². The summed E-state index contributed by atoms with van der Waals surface area (Å²) in [4.78, 5) is 2.21. The van der Waals surface area contributed by atoms with E-state index in [2.05, 4.69) is 15.1 Å². The lowest BCUT2D eigenvalue weighted by atomic mass is 10.4. The molecule has 0 aromatic carbocycles. The zero-order chi connectivity index (χ0) is 12.1. The lowest BCUT2D eigenvalue weighted by Crippen LogP contribution is -2.37. The van der Waals surface area contributed by atoms with Crippen molar-refractivity contribution >= 4 is 29.3 Å². The summed E-state index contributed by atoms with van der Waals surface area (Å²) in [5.41, 5.74) is 0. The smallest absolute Gasteiger partial charge is 0.227 e. The topological polar surface area (TPSA) is 43.2 Å². The van der Waals surface area contributed by atoms with Crippen LogP contribution < -0.4 is 4.90 Å². The molecule has 2 rings (SSSR count). The van der Waals surface area contributed by atoms with Gasteiger partial charge in [0.2, 0.25) is 5.95 Å². The van der Waals surface area contributed by atoms with Crippen molar-refractivity contribution in [3.8, 4) is 0 Å². The van der Waals surface area contributed by atoms with Crippen molar-refractivity contribution in [1.29, 1.82) is 0 Å². The van der Waals surface area contributed by atoms with Crippen LogP contribution in [0.15, 0.2) is 5.16 Å². The van der Waals surface area contributed by atoms with E-state index in [-0.39, 0.29) is 0 Å². The van der Waals surface area contributed by atoms with Crippen LogP contribution in [0.2, 0.25) is 0 Å². The molecule has 0 saturated carbocycles. The third kappa shape index (κ3) is 3.26. The fourth-order valence-corrected chi connectivity index (χ4v) is 2.83. The first-order chi connectivity index (χ1) is 8.33. The number of alkyl halides is 1. The van der Waals surface area contributed by atoms with Crippen molar-refractivity contribution in [1.82, 2.24) is 14.8 Å². The third-order valence-corrected chi connectivity index (χ3v) is 3.99. The van der Waals surface area contributed by atoms with Gasteiger partial charge in [-0.1, -0.05) is 11.8 Å². The maximum atomic E-state index is 5.66. The van der Waals surface area contributed by atoms with E-state index in [1.165, 1.54) is 0 Å². The number of ether oxygens (including phenoxy) is 1. The molecular weight excluding hydrogens is 260 g/mol. The minimum atomic E-state index is 0.696. The first-order valence-electron chi connectivity index (χ1n) is 5.74. The van der Waals surface area contributed by atoms with E-state index in [4.69, 9.17) is 16.3 Å². The van der Waals surface area contributed by atoms with Crippen LogP contribution in [0.5, 0.6) is 0 Å². The molecule has 2 heterocycles. The number of rotatable bonds is 5. The van der Waals surface area contributed by atoms with Crippen molar-refractivity contribution in [3.63, 3.8) is 0 Å². The molecule has 0 bridgehead atoms. The Balaban J connectivity index is 1.98. The van der Waals surface area contributed by atoms with Crippen LogP contribution in [0.1, 0.15) is 6.42 Å². The molecule has 0 atom stereocenters. The highest BCUT2D eigenvalue weighted by molar-refractivity contribution is 7.99. The lowest BCUT2D eigenvalue weighted by molar-refractivity contribution is 0.121. The first-order valence-corrected chi connectivity index (χ1v) is 7.26. The third-order valence-electron chi connectivity index (χ3n) is 2.61. The second-order valence-corrected chi connectivity index (χ2v) is 5.27. The molecule has 0 unspecified atom stereocenters. The summed E-state index contributed by atoms with van der Waals surface area (Å²) in [5, 5.41) is 9.42. The van der Waals surface area contributed by atoms with Gasteiger partial charge in [0.25, 0.3) is 0 Å². The van der Waals surface area contributed by atoms with Gasteiger partial charge < -0.3 is 9.64 Å². The molecule has 96 valence electrons. The van der Waals surface area contributed by atoms with Crippen LogP contribution in [0.3, 0.4) is 0 Å². The Morgan fingerprint density at radius 3 is 2.82 bits per heavy atom. The van der Waals surface area contributed by atoms with Crippen LogP contribution in [0.4, 0.5) is 5.95 Å². The van der Waals surface area contributed by atoms with Crippen molar-refractivity contribution in [2.75, 3.05) is 42.8 Å². The SMILES string of the molecule is Cn1c(SCCCCl)nnc1N1CCOCC1. The summed E-state index contributed by atoms with van der Waals surface area (Å²) in [6, 6.07) is 0. The molecule has 0 aliphatic carbocycles. The van der Waals surface area contributed by atoms with Crippen molar-refractivity contribution < 1.29 is 4.74 Å². The largest absolute Gasteiger partial charge is 0.378 e. The molecule has 7 heteroatoms. The maximum absolute atomic E-state index is 5.66. The van der Waals surface area contributed by atoms with Gasteiger partial charge >= 0.3 is 0 Å². The summed E-state index contributed by atoms with van der Waals surface area (Å²) in [7, 11) is 2.01. The van der Waals surface area contributed by atoms with E-state index >= 15 is 0 Å². The standard InChI is InChI=1S/C10H17ClN4OS/c1-14-9(15-4-6-16-7-5-15)12-13-10(14)17-8-2-3-11/h2-8H2,1H3. The molecule has 1 aliphatic heterocycles. The highest BCUT2D eigenvalue weighted by atomic mass is 35.5. The van der Waals surface area contributed by atoms with E-state index < -0.39 is 0 Å². The second kappa shape index (κ2) is 6.47. The molecule has 0 amide bonds. The van der Waals surface area contributed by atoms with Crippen molar-refractivity contribution in [3.05, 3.63) is 0 Å². The van der Waals surface area contributed by atoms with Crippen LogP contribution in [-0.2, 0) is 11.8 Å². The van der Waals surface area contributed by atoms with Gasteiger partial charge in [-0.25, -0.2) is 0 Å². The summed E-state index contributed by atoms with van der Waals surface area (Å²) in [5.74, 6) is 2.61. The number of hydrogen-bond donors (Lipinski definition) is 0. The molecule has 17 heavy (non-hydrogen) atoms. The lowest BCUT2D eigenvalue weighted by Gasteiger charge is -2.27. The van der Waals surface area contributed by atoms with Gasteiger partial charge in [0.15, 0.2) is 5.16 Å². The number of morpholine rings is 1.